The molecule has 1 saturated carbocycles. The van der Waals surface area contributed by atoms with Crippen LogP contribution in [0.25, 0.3) is 0 Å². The van der Waals surface area contributed by atoms with Crippen LogP contribution in [0.15, 0.2) is 36.4 Å². The number of carbonyl (C=O) groups excluding carboxylic acids is 2. The Morgan fingerprint density at radius 2 is 1.88 bits per heavy atom. The second-order valence-electron chi connectivity index (χ2n) is 6.89. The molecule has 0 bridgehead atoms. The molecule has 1 aliphatic heterocycles. The highest BCUT2D eigenvalue weighted by Gasteiger charge is 2.55. The summed E-state index contributed by atoms with van der Waals surface area (Å²) < 4.78 is 7.00. The number of rotatable bonds is 5. The number of amides is 2. The maximum atomic E-state index is 12.9. The molecule has 2 N–H and O–H groups in total. The zero-order valence-electron chi connectivity index (χ0n) is 14.8. The van der Waals surface area contributed by atoms with E-state index in [0.717, 1.165) is 5.56 Å². The molecule has 2 aliphatic rings. The van der Waals surface area contributed by atoms with Crippen molar-refractivity contribution in [1.82, 2.24) is 20.4 Å². The molecule has 4 rings (SSSR count). The lowest BCUT2D eigenvalue weighted by molar-refractivity contribution is 0.0915. The number of aromatic nitrogens is 2. The van der Waals surface area contributed by atoms with Crippen molar-refractivity contribution >= 4 is 11.8 Å². The van der Waals surface area contributed by atoms with Crippen LogP contribution in [0.2, 0.25) is 0 Å². The predicted octanol–water partition coefficient (Wildman–Crippen LogP) is 1.23. The Bertz CT molecular complexity index is 823. The molecule has 7 nitrogen and oxygen atoms in total. The van der Waals surface area contributed by atoms with Gasteiger partial charge in [0.1, 0.15) is 5.69 Å². The standard InChI is InChI=1S/C19H22N4O3/c1-11(12-6-4-3-5-7-12)23-16(8-15(22-23)18(24)20-2)19(25)21-17-13-9-26-10-14(13)17/h3-8,11,13-14,17H,9-10H2,1-2H3,(H,20,24)(H,21,25)/t11-,13-,14+,17?/m0/s1. The van der Waals surface area contributed by atoms with Crippen molar-refractivity contribution in [2.24, 2.45) is 11.8 Å². The maximum absolute atomic E-state index is 12.9. The van der Waals surface area contributed by atoms with Crippen molar-refractivity contribution in [1.29, 1.82) is 0 Å². The topological polar surface area (TPSA) is 85.3 Å². The summed E-state index contributed by atoms with van der Waals surface area (Å²) in [6.45, 7) is 3.38. The summed E-state index contributed by atoms with van der Waals surface area (Å²) in [5.74, 6) is 0.324. The third-order valence-corrected chi connectivity index (χ3v) is 5.33. The number of ether oxygens (including phenoxy) is 1. The fourth-order valence-electron chi connectivity index (χ4n) is 3.65. The number of carbonyl (C=O) groups is 2. The summed E-state index contributed by atoms with van der Waals surface area (Å²) >= 11 is 0. The highest BCUT2D eigenvalue weighted by atomic mass is 16.5. The molecule has 1 saturated heterocycles. The van der Waals surface area contributed by atoms with Crippen LogP contribution in [0, 0.1) is 11.8 Å². The van der Waals surface area contributed by atoms with E-state index in [4.69, 9.17) is 4.74 Å². The van der Waals surface area contributed by atoms with E-state index in [1.807, 2.05) is 37.3 Å². The van der Waals surface area contributed by atoms with E-state index in [1.54, 1.807) is 17.8 Å². The first-order valence-corrected chi connectivity index (χ1v) is 8.85. The van der Waals surface area contributed by atoms with Crippen LogP contribution in [0.4, 0.5) is 0 Å². The average Bonchev–Trinajstić information content (AvgIpc) is 3.07. The molecule has 2 heterocycles. The quantitative estimate of drug-likeness (QED) is 0.846. The van der Waals surface area contributed by atoms with Gasteiger partial charge in [-0.15, -0.1) is 0 Å². The Morgan fingerprint density at radius 1 is 1.19 bits per heavy atom. The van der Waals surface area contributed by atoms with Crippen molar-refractivity contribution in [3.05, 3.63) is 53.3 Å². The van der Waals surface area contributed by atoms with Gasteiger partial charge in [0.2, 0.25) is 0 Å². The molecule has 2 fully saturated rings. The second kappa shape index (κ2) is 6.57. The molecule has 1 aromatic heterocycles. The van der Waals surface area contributed by atoms with Crippen molar-refractivity contribution in [3.63, 3.8) is 0 Å². The molecule has 136 valence electrons. The van der Waals surface area contributed by atoms with E-state index in [9.17, 15) is 9.59 Å². The Kier molecular flexibility index (Phi) is 4.24. The molecule has 2 amide bonds. The van der Waals surface area contributed by atoms with Gasteiger partial charge in [0.15, 0.2) is 5.69 Å². The van der Waals surface area contributed by atoms with Gasteiger partial charge in [-0.25, -0.2) is 0 Å². The molecular formula is C19H22N4O3. The van der Waals surface area contributed by atoms with E-state index >= 15 is 0 Å². The molecule has 4 atom stereocenters. The number of benzene rings is 1. The van der Waals surface area contributed by atoms with Gasteiger partial charge in [0, 0.05) is 31.0 Å². The first-order valence-electron chi connectivity index (χ1n) is 8.85. The SMILES string of the molecule is CNC(=O)c1cc(C(=O)NC2[C@H]3COC[C@@H]23)n([C@@H](C)c2ccccc2)n1. The number of hydrogen-bond donors (Lipinski definition) is 2. The summed E-state index contributed by atoms with van der Waals surface area (Å²) in [5, 5.41) is 10.0. The van der Waals surface area contributed by atoms with Gasteiger partial charge in [-0.1, -0.05) is 30.3 Å². The zero-order valence-corrected chi connectivity index (χ0v) is 14.8. The molecule has 2 aromatic rings. The molecule has 26 heavy (non-hydrogen) atoms. The highest BCUT2D eigenvalue weighted by molar-refractivity contribution is 5.98. The van der Waals surface area contributed by atoms with Gasteiger partial charge < -0.3 is 15.4 Å². The van der Waals surface area contributed by atoms with Crippen LogP contribution >= 0.6 is 0 Å². The Labute approximate surface area is 151 Å². The van der Waals surface area contributed by atoms with Crippen molar-refractivity contribution in [3.8, 4) is 0 Å². The van der Waals surface area contributed by atoms with Crippen LogP contribution in [-0.4, -0.2) is 47.9 Å². The van der Waals surface area contributed by atoms with E-state index in [1.165, 1.54) is 0 Å². The minimum Gasteiger partial charge on any atom is -0.381 e. The molecule has 0 spiro atoms. The second-order valence-corrected chi connectivity index (χ2v) is 6.89. The number of fused-ring (bicyclic) bond motifs is 1. The summed E-state index contributed by atoms with van der Waals surface area (Å²) in [6, 6.07) is 11.3. The maximum Gasteiger partial charge on any atom is 0.271 e. The smallest absolute Gasteiger partial charge is 0.271 e. The lowest BCUT2D eigenvalue weighted by Gasteiger charge is -2.16. The first kappa shape index (κ1) is 16.8. The molecular weight excluding hydrogens is 332 g/mol. The van der Waals surface area contributed by atoms with E-state index < -0.39 is 0 Å². The fourth-order valence-corrected chi connectivity index (χ4v) is 3.65. The minimum absolute atomic E-state index is 0.162. The van der Waals surface area contributed by atoms with Crippen molar-refractivity contribution in [2.45, 2.75) is 19.0 Å². The average molecular weight is 354 g/mol. The van der Waals surface area contributed by atoms with Gasteiger partial charge in [-0.05, 0) is 12.5 Å². The summed E-state index contributed by atoms with van der Waals surface area (Å²) in [5.41, 5.74) is 1.65. The zero-order chi connectivity index (χ0) is 18.3. The van der Waals surface area contributed by atoms with Gasteiger partial charge in [0.05, 0.1) is 19.3 Å². The highest BCUT2D eigenvalue weighted by Crippen LogP contribution is 2.44. The third-order valence-electron chi connectivity index (χ3n) is 5.33. The van der Waals surface area contributed by atoms with E-state index in [2.05, 4.69) is 15.7 Å². The summed E-state index contributed by atoms with van der Waals surface area (Å²) in [6.07, 6.45) is 0. The number of hydrogen-bond acceptors (Lipinski definition) is 4. The molecule has 0 radical (unpaired) electrons. The summed E-state index contributed by atoms with van der Waals surface area (Å²) in [4.78, 5) is 24.9. The van der Waals surface area contributed by atoms with Crippen LogP contribution in [0.3, 0.4) is 0 Å². The Balaban J connectivity index is 1.62. The molecule has 1 aromatic carbocycles. The summed E-state index contributed by atoms with van der Waals surface area (Å²) in [7, 11) is 1.55. The van der Waals surface area contributed by atoms with Crippen LogP contribution in [0.5, 0.6) is 0 Å². The van der Waals surface area contributed by atoms with Gasteiger partial charge in [-0.2, -0.15) is 5.10 Å². The van der Waals surface area contributed by atoms with Crippen molar-refractivity contribution in [2.75, 3.05) is 20.3 Å². The van der Waals surface area contributed by atoms with Crippen molar-refractivity contribution < 1.29 is 14.3 Å². The van der Waals surface area contributed by atoms with Crippen LogP contribution < -0.4 is 10.6 Å². The Hall–Kier alpha value is -2.67. The fraction of sp³-hybridized carbons (Fsp3) is 0.421. The number of nitrogens with one attached hydrogen (secondary N) is 2. The van der Waals surface area contributed by atoms with Crippen LogP contribution in [0.1, 0.15) is 39.5 Å². The molecule has 1 unspecified atom stereocenters. The largest absolute Gasteiger partial charge is 0.381 e. The van der Waals surface area contributed by atoms with E-state index in [-0.39, 0.29) is 29.6 Å². The minimum atomic E-state index is -0.310. The van der Waals surface area contributed by atoms with E-state index in [0.29, 0.717) is 30.7 Å². The monoisotopic (exact) mass is 354 g/mol. The normalized spacial score (nSPS) is 24.6. The lowest BCUT2D eigenvalue weighted by Crippen LogP contribution is -2.32. The molecule has 1 aliphatic carbocycles. The predicted molar refractivity (Wildman–Crippen MR) is 94.9 cm³/mol. The Morgan fingerprint density at radius 3 is 2.54 bits per heavy atom. The first-order chi connectivity index (χ1) is 12.6. The van der Waals surface area contributed by atoms with Crippen LogP contribution in [-0.2, 0) is 4.74 Å². The number of nitrogens with zero attached hydrogens (tertiary/aromatic N) is 2. The van der Waals surface area contributed by atoms with Gasteiger partial charge in [-0.3, -0.25) is 14.3 Å². The third kappa shape index (κ3) is 2.88. The van der Waals surface area contributed by atoms with Gasteiger partial charge in [0.25, 0.3) is 11.8 Å². The molecule has 7 heteroatoms. The van der Waals surface area contributed by atoms with Gasteiger partial charge >= 0.3 is 0 Å². The lowest BCUT2D eigenvalue weighted by atomic mass is 10.1.